The Balaban J connectivity index is 2.32. The van der Waals surface area contributed by atoms with Gasteiger partial charge in [0.1, 0.15) is 5.75 Å². The minimum Gasteiger partial charge on any atom is -0.482 e. The van der Waals surface area contributed by atoms with Gasteiger partial charge in [0.2, 0.25) is 0 Å². The number of esters is 1. The summed E-state index contributed by atoms with van der Waals surface area (Å²) < 4.78 is 10.2. The van der Waals surface area contributed by atoms with Gasteiger partial charge in [0.15, 0.2) is 13.2 Å². The van der Waals surface area contributed by atoms with Crippen molar-refractivity contribution in [3.8, 4) is 5.75 Å². The first kappa shape index (κ1) is 17.3. The molecule has 1 rings (SSSR count). The molecule has 0 spiro atoms. The van der Waals surface area contributed by atoms with E-state index < -0.39 is 5.97 Å². The molecule has 5 nitrogen and oxygen atoms in total. The molecule has 0 aromatic heterocycles. The van der Waals surface area contributed by atoms with Crippen LogP contribution in [0.5, 0.6) is 5.75 Å². The van der Waals surface area contributed by atoms with Crippen LogP contribution in [0.2, 0.25) is 5.02 Å². The van der Waals surface area contributed by atoms with Crippen LogP contribution in [0, 0.1) is 6.92 Å². The number of aryl methyl sites for hydroxylation is 1. The largest absolute Gasteiger partial charge is 0.482 e. The number of amides is 1. The maximum Gasteiger partial charge on any atom is 0.344 e. The molecule has 0 fully saturated rings. The van der Waals surface area contributed by atoms with Crippen molar-refractivity contribution < 1.29 is 19.1 Å². The molecule has 1 aromatic carbocycles. The predicted molar refractivity (Wildman–Crippen MR) is 80.5 cm³/mol. The van der Waals surface area contributed by atoms with Crippen molar-refractivity contribution in [3.05, 3.63) is 28.8 Å². The van der Waals surface area contributed by atoms with E-state index in [2.05, 4.69) is 5.32 Å². The van der Waals surface area contributed by atoms with Crippen LogP contribution in [0.4, 0.5) is 0 Å². The molecule has 0 unspecified atom stereocenters. The first-order chi connectivity index (χ1) is 9.92. The van der Waals surface area contributed by atoms with Crippen LogP contribution >= 0.6 is 11.6 Å². The van der Waals surface area contributed by atoms with Crippen LogP contribution in [0.1, 0.15) is 25.8 Å². The Hall–Kier alpha value is -1.75. The quantitative estimate of drug-likeness (QED) is 0.785. The molecule has 21 heavy (non-hydrogen) atoms. The van der Waals surface area contributed by atoms with Crippen molar-refractivity contribution in [2.75, 3.05) is 13.2 Å². The van der Waals surface area contributed by atoms with E-state index in [0.717, 1.165) is 12.0 Å². The summed E-state index contributed by atoms with van der Waals surface area (Å²) in [4.78, 5) is 22.9. The summed E-state index contributed by atoms with van der Waals surface area (Å²) in [5, 5.41) is 3.30. The van der Waals surface area contributed by atoms with Crippen molar-refractivity contribution in [3.63, 3.8) is 0 Å². The summed E-state index contributed by atoms with van der Waals surface area (Å²) >= 11 is 5.83. The first-order valence-corrected chi connectivity index (χ1v) is 7.14. The van der Waals surface area contributed by atoms with Gasteiger partial charge in [0.05, 0.1) is 0 Å². The fourth-order valence-electron chi connectivity index (χ4n) is 1.52. The van der Waals surface area contributed by atoms with Gasteiger partial charge in [-0.1, -0.05) is 18.5 Å². The van der Waals surface area contributed by atoms with Gasteiger partial charge in [-0.25, -0.2) is 4.79 Å². The Labute approximate surface area is 129 Å². The van der Waals surface area contributed by atoms with E-state index in [-0.39, 0.29) is 25.2 Å². The molecular weight excluding hydrogens is 294 g/mol. The maximum absolute atomic E-state index is 11.5. The van der Waals surface area contributed by atoms with E-state index >= 15 is 0 Å². The highest BCUT2D eigenvalue weighted by Gasteiger charge is 2.10. The second kappa shape index (κ2) is 8.52. The molecule has 0 saturated carbocycles. The molecule has 0 heterocycles. The monoisotopic (exact) mass is 313 g/mol. The van der Waals surface area contributed by atoms with E-state index in [0.29, 0.717) is 10.8 Å². The summed E-state index contributed by atoms with van der Waals surface area (Å²) in [6.45, 7) is 5.11. The lowest BCUT2D eigenvalue weighted by Gasteiger charge is -2.12. The number of hydrogen-bond donors (Lipinski definition) is 1. The maximum atomic E-state index is 11.5. The average molecular weight is 314 g/mol. The van der Waals surface area contributed by atoms with Crippen molar-refractivity contribution in [2.45, 2.75) is 33.2 Å². The third kappa shape index (κ3) is 6.49. The van der Waals surface area contributed by atoms with Gasteiger partial charge in [-0.15, -0.1) is 0 Å². The van der Waals surface area contributed by atoms with Crippen molar-refractivity contribution in [1.29, 1.82) is 0 Å². The molecule has 0 aliphatic carbocycles. The third-order valence-corrected chi connectivity index (χ3v) is 3.10. The number of nitrogens with one attached hydrogen (secondary N) is 1. The number of rotatable bonds is 7. The minimum atomic E-state index is -0.594. The fraction of sp³-hybridized carbons (Fsp3) is 0.467. The smallest absolute Gasteiger partial charge is 0.344 e. The van der Waals surface area contributed by atoms with E-state index in [1.807, 2.05) is 20.8 Å². The fourth-order valence-corrected chi connectivity index (χ4v) is 1.74. The molecule has 116 valence electrons. The lowest BCUT2D eigenvalue weighted by Crippen LogP contribution is -2.35. The standard InChI is InChI=1S/C15H20ClNO4/c1-4-11(3)17-14(18)8-21-15(19)9-20-13-6-5-12(16)7-10(13)2/h5-7,11H,4,8-9H2,1-3H3,(H,17,18)/t11-/m1/s1. The van der Waals surface area contributed by atoms with Crippen LogP contribution in [0.15, 0.2) is 18.2 Å². The van der Waals surface area contributed by atoms with Crippen LogP contribution < -0.4 is 10.1 Å². The van der Waals surface area contributed by atoms with Crippen LogP contribution in [0.3, 0.4) is 0 Å². The molecule has 0 aliphatic rings. The molecule has 6 heteroatoms. The highest BCUT2D eigenvalue weighted by atomic mass is 35.5. The zero-order valence-electron chi connectivity index (χ0n) is 12.4. The highest BCUT2D eigenvalue weighted by Crippen LogP contribution is 2.21. The minimum absolute atomic E-state index is 0.0594. The number of carbonyl (C=O) groups is 2. The molecule has 1 N–H and O–H groups in total. The summed E-state index contributed by atoms with van der Waals surface area (Å²) in [6, 6.07) is 5.15. The van der Waals surface area contributed by atoms with E-state index in [9.17, 15) is 9.59 Å². The van der Waals surface area contributed by atoms with Crippen LogP contribution in [-0.2, 0) is 14.3 Å². The van der Waals surface area contributed by atoms with Crippen LogP contribution in [-0.4, -0.2) is 31.1 Å². The van der Waals surface area contributed by atoms with Gasteiger partial charge >= 0.3 is 5.97 Å². The third-order valence-electron chi connectivity index (χ3n) is 2.87. The van der Waals surface area contributed by atoms with Gasteiger partial charge in [0, 0.05) is 11.1 Å². The zero-order chi connectivity index (χ0) is 15.8. The van der Waals surface area contributed by atoms with Crippen molar-refractivity contribution in [2.24, 2.45) is 0 Å². The van der Waals surface area contributed by atoms with Gasteiger partial charge in [-0.2, -0.15) is 0 Å². The topological polar surface area (TPSA) is 64.6 Å². The lowest BCUT2D eigenvalue weighted by molar-refractivity contribution is -0.150. The number of benzene rings is 1. The molecule has 0 bridgehead atoms. The van der Waals surface area contributed by atoms with Crippen molar-refractivity contribution in [1.82, 2.24) is 5.32 Å². The number of hydrogen-bond acceptors (Lipinski definition) is 4. The van der Waals surface area contributed by atoms with E-state index in [4.69, 9.17) is 21.1 Å². The summed E-state index contributed by atoms with van der Waals surface area (Å²) in [7, 11) is 0. The van der Waals surface area contributed by atoms with Gasteiger partial charge < -0.3 is 14.8 Å². The van der Waals surface area contributed by atoms with Gasteiger partial charge in [-0.3, -0.25) is 4.79 Å². The molecule has 0 radical (unpaired) electrons. The van der Waals surface area contributed by atoms with Gasteiger partial charge in [-0.05, 0) is 44.0 Å². The summed E-state index contributed by atoms with van der Waals surface area (Å²) in [5.74, 6) is -0.357. The Morgan fingerprint density at radius 3 is 2.67 bits per heavy atom. The molecule has 0 aliphatic heterocycles. The number of carbonyl (C=O) groups excluding carboxylic acids is 2. The normalized spacial score (nSPS) is 11.6. The van der Waals surface area contributed by atoms with Crippen molar-refractivity contribution >= 4 is 23.5 Å². The summed E-state index contributed by atoms with van der Waals surface area (Å²) in [5.41, 5.74) is 0.824. The molecular formula is C15H20ClNO4. The highest BCUT2D eigenvalue weighted by molar-refractivity contribution is 6.30. The number of ether oxygens (including phenoxy) is 2. The molecule has 1 atom stereocenters. The Morgan fingerprint density at radius 1 is 1.33 bits per heavy atom. The first-order valence-electron chi connectivity index (χ1n) is 6.76. The molecule has 0 saturated heterocycles. The Kier molecular flexibility index (Phi) is 7.02. The average Bonchev–Trinajstić information content (AvgIpc) is 2.44. The predicted octanol–water partition coefficient (Wildman–Crippen LogP) is 2.49. The molecule has 1 aromatic rings. The van der Waals surface area contributed by atoms with Gasteiger partial charge in [0.25, 0.3) is 5.91 Å². The Morgan fingerprint density at radius 2 is 2.05 bits per heavy atom. The second-order valence-electron chi connectivity index (χ2n) is 4.74. The second-order valence-corrected chi connectivity index (χ2v) is 5.17. The van der Waals surface area contributed by atoms with E-state index in [1.165, 1.54) is 0 Å². The SMILES string of the molecule is CC[C@@H](C)NC(=O)COC(=O)COc1ccc(Cl)cc1C. The zero-order valence-corrected chi connectivity index (χ0v) is 13.2. The van der Waals surface area contributed by atoms with Crippen LogP contribution in [0.25, 0.3) is 0 Å². The Bertz CT molecular complexity index is 504. The number of halogens is 1. The summed E-state index contributed by atoms with van der Waals surface area (Å²) in [6.07, 6.45) is 0.818. The molecule has 1 amide bonds. The lowest BCUT2D eigenvalue weighted by atomic mass is 10.2. The van der Waals surface area contributed by atoms with E-state index in [1.54, 1.807) is 18.2 Å².